The number of nitrogens with one attached hydrogen (secondary N) is 4. The first kappa shape index (κ1) is 74.3. The number of thiophene rings is 3. The third-order valence-corrected chi connectivity index (χ3v) is 29.0. The molecule has 0 radical (unpaired) electrons. The number of carbonyl (C=O) groups excluding carboxylic acids is 4. The highest BCUT2D eigenvalue weighted by atomic mass is 35.5. The molecule has 4 amide bonds. The molecule has 110 heavy (non-hydrogen) atoms. The van der Waals surface area contributed by atoms with Gasteiger partial charge in [0.1, 0.15) is 34.9 Å². The van der Waals surface area contributed by atoms with E-state index in [0.29, 0.717) is 26.1 Å². The number of nitrogens with zero attached hydrogens (tertiary/aromatic N) is 9. The fourth-order valence-corrected chi connectivity index (χ4v) is 23.0. The second-order valence-electron chi connectivity index (χ2n) is 25.6. The Labute approximate surface area is 651 Å². The number of halogens is 2. The molecule has 0 aliphatic rings. The zero-order valence-electron chi connectivity index (χ0n) is 57.9. The molecule has 4 N–H and O–H groups in total. The van der Waals surface area contributed by atoms with Crippen LogP contribution >= 0.6 is 57.2 Å². The van der Waals surface area contributed by atoms with Crippen molar-refractivity contribution >= 4 is 152 Å². The van der Waals surface area contributed by atoms with Gasteiger partial charge in [-0.3, -0.25) is 19.2 Å². The lowest BCUT2D eigenvalue weighted by Crippen LogP contribution is -2.63. The normalized spacial score (nSPS) is 13.6. The van der Waals surface area contributed by atoms with Gasteiger partial charge in [-0.15, -0.1) is 34.0 Å². The van der Waals surface area contributed by atoms with Crippen LogP contribution in [0.1, 0.15) is 63.4 Å². The minimum absolute atomic E-state index is 0.00570. The molecule has 0 fully saturated rings. The van der Waals surface area contributed by atoms with E-state index in [-0.39, 0.29) is 75.5 Å². The van der Waals surface area contributed by atoms with Crippen LogP contribution in [0.3, 0.4) is 0 Å². The number of hydrogen-bond donors (Lipinski definition) is 4. The summed E-state index contributed by atoms with van der Waals surface area (Å²) in [5.41, 5.74) is -5.68. The molecule has 0 aliphatic heterocycles. The SMILES string of the molecule is Cc1cc(C(C(=O)NS(=O)(=O)c2csc3ccccc23)N(C(=O)C(c2cc(C)nn2-c2ccccc2)(C(C(=O)NS(=O)(=O)c2cc(Cl)c(Cl)s2)c2cc(C)nn2-c2ccccc2)C(C(=O)NS(=O)(=O)c2cc3ccccc3s2)c2cc(C)nn2-c2ccccc2)S(=O)(=O)c2cc3ccccc3[nH]2)n(-c2ccccc2)n1. The van der Waals surface area contributed by atoms with Crippen molar-refractivity contribution in [2.75, 3.05) is 0 Å². The third kappa shape index (κ3) is 13.6. The van der Waals surface area contributed by atoms with Crippen molar-refractivity contribution in [2.24, 2.45) is 0 Å². The Bertz CT molecular complexity index is 6550. The first-order valence-corrected chi connectivity index (χ1v) is 42.5. The largest absolute Gasteiger partial charge is 0.344 e. The van der Waals surface area contributed by atoms with E-state index in [1.807, 2.05) is 0 Å². The van der Waals surface area contributed by atoms with Crippen molar-refractivity contribution in [3.8, 4) is 22.7 Å². The number of benzene rings is 7. The number of para-hydroxylation sites is 5. The standard InChI is InChI=1S/C76H59Cl2N13O12S7/c1-45-37-58(87(80-45)51-25-9-5-10-26-51)68(72(92)84-108(98,99)66-42-50-24-18-21-35-61(50)105-66)76(64-40-48(4)83-90(64)54-31-15-8-16-32-54,69(59-38-46(2)81-88(59)52-27-11-6-12-28-52)73(93)85-109(100,101)67-43-56(77)71(78)106-67)75(95)91(110(102,103)65-41-49-23-17-20-34-57(49)79-65)70(60-39-47(3)82-89(60)53-29-13-7-14-30-53)74(94)86-107(96,97)63-44-104-62-36-22-19-33-55(62)63/h5-44,68-70,79H,1-4H3,(H,84,92)(H,85,93)(H,86,94). The number of fused-ring (bicyclic) bond motifs is 3. The lowest BCUT2D eigenvalue weighted by Gasteiger charge is -2.46. The predicted octanol–water partition coefficient (Wildman–Crippen LogP) is 13.2. The molecule has 25 nitrogen and oxygen atoms in total. The van der Waals surface area contributed by atoms with E-state index in [0.717, 1.165) is 53.5 Å². The summed E-state index contributed by atoms with van der Waals surface area (Å²) in [6.07, 6.45) is 0. The Morgan fingerprint density at radius 2 is 0.882 bits per heavy atom. The van der Waals surface area contributed by atoms with Crippen molar-refractivity contribution in [1.82, 2.24) is 62.6 Å². The number of aromatic nitrogens is 9. The number of rotatable bonds is 23. The molecule has 8 heterocycles. The minimum Gasteiger partial charge on any atom is -0.344 e. The smallest absolute Gasteiger partial charge is 0.283 e. The minimum atomic E-state index is -6.19. The van der Waals surface area contributed by atoms with Crippen molar-refractivity contribution in [3.05, 3.63) is 297 Å². The molecule has 0 aliphatic carbocycles. The van der Waals surface area contributed by atoms with Crippen molar-refractivity contribution in [1.29, 1.82) is 0 Å². The van der Waals surface area contributed by atoms with Crippen LogP contribution in [0.5, 0.6) is 0 Å². The van der Waals surface area contributed by atoms with Gasteiger partial charge in [0, 0.05) is 31.1 Å². The molecule has 4 unspecified atom stereocenters. The first-order chi connectivity index (χ1) is 52.6. The maximum atomic E-state index is 19.9. The molecular weight excluding hydrogens is 1580 g/mol. The molecular formula is C76H59Cl2N13O12S7. The lowest BCUT2D eigenvalue weighted by atomic mass is 9.60. The van der Waals surface area contributed by atoms with Gasteiger partial charge in [0.05, 0.1) is 73.3 Å². The molecule has 7 aromatic carbocycles. The maximum absolute atomic E-state index is 19.9. The Hall–Kier alpha value is -11.2. The predicted molar refractivity (Wildman–Crippen MR) is 419 cm³/mol. The topological polar surface area (TPSA) is 331 Å². The van der Waals surface area contributed by atoms with E-state index < -0.39 is 128 Å². The van der Waals surface area contributed by atoms with Gasteiger partial charge in [-0.2, -0.15) is 28.8 Å². The van der Waals surface area contributed by atoms with Gasteiger partial charge in [-0.25, -0.2) is 62.5 Å². The van der Waals surface area contributed by atoms with E-state index in [2.05, 4.69) is 19.2 Å². The zero-order chi connectivity index (χ0) is 77.3. The Morgan fingerprint density at radius 3 is 1.39 bits per heavy atom. The number of H-pyrrole nitrogens is 1. The molecule has 0 bridgehead atoms. The fourth-order valence-electron chi connectivity index (χ4n) is 13.7. The van der Waals surface area contributed by atoms with Crippen molar-refractivity contribution in [3.63, 3.8) is 0 Å². The Kier molecular flexibility index (Phi) is 19.6. The Morgan fingerprint density at radius 1 is 0.455 bits per heavy atom. The molecule has 8 aromatic heterocycles. The van der Waals surface area contributed by atoms with Crippen LogP contribution in [0, 0.1) is 27.7 Å². The molecule has 15 aromatic rings. The number of sulfonamides is 4. The van der Waals surface area contributed by atoms with Crippen LogP contribution < -0.4 is 14.2 Å². The van der Waals surface area contributed by atoms with E-state index >= 15 is 52.8 Å². The van der Waals surface area contributed by atoms with Gasteiger partial charge in [-0.1, -0.05) is 151 Å². The molecule has 4 atom stereocenters. The number of hydrogen-bond acceptors (Lipinski definition) is 19. The zero-order valence-corrected chi connectivity index (χ0v) is 65.1. The van der Waals surface area contributed by atoms with E-state index in [9.17, 15) is 0 Å². The Balaban J connectivity index is 1.17. The molecule has 556 valence electrons. The number of aryl methyl sites for hydroxylation is 4. The average molecular weight is 1640 g/mol. The van der Waals surface area contributed by atoms with E-state index in [1.54, 1.807) is 140 Å². The summed E-state index contributed by atoms with van der Waals surface area (Å²) in [4.78, 5) is 75.3. The highest BCUT2D eigenvalue weighted by molar-refractivity contribution is 7.92. The van der Waals surface area contributed by atoms with Gasteiger partial charge in [0.15, 0.2) is 11.1 Å². The van der Waals surface area contributed by atoms with Gasteiger partial charge in [-0.05, 0) is 142 Å². The van der Waals surface area contributed by atoms with Crippen LogP contribution in [0.4, 0.5) is 0 Å². The monoisotopic (exact) mass is 1640 g/mol. The van der Waals surface area contributed by atoms with E-state index in [1.165, 1.54) is 118 Å². The van der Waals surface area contributed by atoms with Gasteiger partial charge < -0.3 is 4.98 Å². The van der Waals surface area contributed by atoms with Crippen LogP contribution in [0.15, 0.2) is 260 Å². The number of amides is 4. The summed E-state index contributed by atoms with van der Waals surface area (Å²) < 4.78 is 141. The lowest BCUT2D eigenvalue weighted by molar-refractivity contribution is -0.146. The maximum Gasteiger partial charge on any atom is 0.283 e. The van der Waals surface area contributed by atoms with Gasteiger partial charge in [0.2, 0.25) is 11.8 Å². The quantitative estimate of drug-likeness (QED) is 0.0462. The van der Waals surface area contributed by atoms with Crippen LogP contribution in [0.2, 0.25) is 9.36 Å². The third-order valence-electron chi connectivity index (χ3n) is 18.2. The molecule has 0 saturated carbocycles. The number of carbonyl (C=O) groups is 4. The fraction of sp³-hybridized carbons (Fsp3) is 0.105. The summed E-state index contributed by atoms with van der Waals surface area (Å²) in [5.74, 6) is -13.2. The molecule has 15 rings (SSSR count). The van der Waals surface area contributed by atoms with Crippen LogP contribution in [-0.2, 0) is 64.7 Å². The molecule has 0 saturated heterocycles. The van der Waals surface area contributed by atoms with E-state index in [4.69, 9.17) is 43.6 Å². The highest BCUT2D eigenvalue weighted by Gasteiger charge is 2.67. The van der Waals surface area contributed by atoms with Crippen molar-refractivity contribution in [2.45, 2.75) is 69.3 Å². The molecule has 0 spiro atoms. The second-order valence-corrected chi connectivity index (χ2v) is 36.9. The van der Waals surface area contributed by atoms with Crippen molar-refractivity contribution < 1.29 is 52.8 Å². The summed E-state index contributed by atoms with van der Waals surface area (Å²) in [5, 5.41) is 20.5. The van der Waals surface area contributed by atoms with Gasteiger partial charge in [0.25, 0.3) is 51.9 Å². The summed E-state index contributed by atoms with van der Waals surface area (Å²) >= 11 is 15.2. The molecule has 34 heteroatoms. The summed E-state index contributed by atoms with van der Waals surface area (Å²) in [7, 11) is -22.2. The summed E-state index contributed by atoms with van der Waals surface area (Å²) in [6.45, 7) is 5.91. The van der Waals surface area contributed by atoms with Crippen LogP contribution in [0.25, 0.3) is 53.8 Å². The number of aromatic amines is 1. The average Bonchev–Trinajstić information content (AvgIpc) is 1.28. The van der Waals surface area contributed by atoms with Gasteiger partial charge >= 0.3 is 0 Å². The first-order valence-electron chi connectivity index (χ1n) is 33.4. The highest BCUT2D eigenvalue weighted by Crippen LogP contribution is 2.55. The second kappa shape index (κ2) is 29.0. The van der Waals surface area contributed by atoms with Crippen LogP contribution in [-0.4, -0.2) is 106 Å². The summed E-state index contributed by atoms with van der Waals surface area (Å²) in [6, 6.07) is 56.0.